The molecule has 0 aromatic carbocycles. The molecular weight excluding hydrogens is 216 g/mol. The zero-order valence-electron chi connectivity index (χ0n) is 10.4. The van der Waals surface area contributed by atoms with Gasteiger partial charge in [-0.2, -0.15) is 0 Å². The molecule has 1 saturated heterocycles. The molecule has 2 aliphatic carbocycles. The van der Waals surface area contributed by atoms with Crippen molar-refractivity contribution in [1.82, 2.24) is 0 Å². The van der Waals surface area contributed by atoms with Crippen LogP contribution in [0.5, 0.6) is 0 Å². The van der Waals surface area contributed by atoms with Gasteiger partial charge in [0, 0.05) is 11.3 Å². The molecule has 3 aliphatic rings. The number of hydrogen-bond acceptors (Lipinski definition) is 3. The summed E-state index contributed by atoms with van der Waals surface area (Å²) in [4.78, 5) is 24.1. The second-order valence-corrected chi connectivity index (χ2v) is 5.88. The van der Waals surface area contributed by atoms with Crippen LogP contribution in [0.4, 0.5) is 0 Å². The third-order valence-corrected chi connectivity index (χ3v) is 5.31. The van der Waals surface area contributed by atoms with E-state index in [1.807, 2.05) is 6.92 Å². The van der Waals surface area contributed by atoms with Gasteiger partial charge in [0.1, 0.15) is 12.5 Å². The van der Waals surface area contributed by atoms with Gasteiger partial charge in [0.15, 0.2) is 5.78 Å². The number of ether oxygens (including phenoxy) is 1. The third-order valence-electron chi connectivity index (χ3n) is 5.31. The molecule has 3 rings (SSSR count). The normalized spacial score (nSPS) is 48.9. The van der Waals surface area contributed by atoms with Crippen molar-refractivity contribution in [1.29, 1.82) is 0 Å². The molecule has 3 fully saturated rings. The fourth-order valence-corrected chi connectivity index (χ4v) is 4.25. The molecule has 0 amide bonds. The summed E-state index contributed by atoms with van der Waals surface area (Å²) in [6.07, 6.45) is 2.09. The summed E-state index contributed by atoms with van der Waals surface area (Å²) >= 11 is 0. The van der Waals surface area contributed by atoms with Crippen molar-refractivity contribution in [3.05, 3.63) is 12.2 Å². The van der Waals surface area contributed by atoms with Crippen molar-refractivity contribution in [2.24, 2.45) is 29.1 Å². The van der Waals surface area contributed by atoms with E-state index in [9.17, 15) is 9.59 Å². The zero-order valence-corrected chi connectivity index (χ0v) is 10.4. The lowest BCUT2D eigenvalue weighted by atomic mass is 9.59. The molecule has 0 aromatic rings. The van der Waals surface area contributed by atoms with Crippen LogP contribution in [-0.4, -0.2) is 18.4 Å². The van der Waals surface area contributed by atoms with Crippen molar-refractivity contribution in [2.45, 2.75) is 26.7 Å². The van der Waals surface area contributed by atoms with Crippen LogP contribution in [0.3, 0.4) is 0 Å². The molecular formula is C14H18O3. The van der Waals surface area contributed by atoms with Crippen molar-refractivity contribution in [3.63, 3.8) is 0 Å². The lowest BCUT2D eigenvalue weighted by molar-refractivity contribution is -0.145. The topological polar surface area (TPSA) is 43.4 Å². The fourth-order valence-electron chi connectivity index (χ4n) is 4.25. The molecule has 0 radical (unpaired) electrons. The quantitative estimate of drug-likeness (QED) is 0.365. The van der Waals surface area contributed by atoms with E-state index in [2.05, 4.69) is 13.5 Å². The van der Waals surface area contributed by atoms with Crippen LogP contribution in [-0.2, 0) is 14.3 Å². The number of carbonyl (C=O) groups is 2. The van der Waals surface area contributed by atoms with Gasteiger partial charge in [0.05, 0.1) is 0 Å². The SMILES string of the molecule is C=C1[C@@H](C)CC[C@@H]2[C@@H](C)C(=O)[C@H]3C(=O)OC[C@]132. The van der Waals surface area contributed by atoms with Crippen molar-refractivity contribution in [2.75, 3.05) is 6.61 Å². The molecule has 5 atom stereocenters. The summed E-state index contributed by atoms with van der Waals surface area (Å²) in [7, 11) is 0. The van der Waals surface area contributed by atoms with Gasteiger partial charge in [0.2, 0.25) is 0 Å². The summed E-state index contributed by atoms with van der Waals surface area (Å²) in [6.45, 7) is 8.67. The maximum Gasteiger partial charge on any atom is 0.317 e. The van der Waals surface area contributed by atoms with Crippen molar-refractivity contribution in [3.8, 4) is 0 Å². The highest BCUT2D eigenvalue weighted by Gasteiger charge is 2.68. The van der Waals surface area contributed by atoms with E-state index in [1.165, 1.54) is 0 Å². The average Bonchev–Trinajstić information content (AvgIpc) is 2.73. The van der Waals surface area contributed by atoms with E-state index in [0.717, 1.165) is 18.4 Å². The highest BCUT2D eigenvalue weighted by atomic mass is 16.5. The largest absolute Gasteiger partial charge is 0.464 e. The number of esters is 1. The van der Waals surface area contributed by atoms with Gasteiger partial charge in [-0.05, 0) is 24.7 Å². The van der Waals surface area contributed by atoms with Gasteiger partial charge in [-0.3, -0.25) is 9.59 Å². The number of Topliss-reactive ketones (excluding diaryl/α,β-unsaturated/α-hetero) is 1. The van der Waals surface area contributed by atoms with E-state index in [0.29, 0.717) is 12.5 Å². The Morgan fingerprint density at radius 1 is 1.29 bits per heavy atom. The van der Waals surface area contributed by atoms with E-state index >= 15 is 0 Å². The first-order valence-corrected chi connectivity index (χ1v) is 6.39. The fraction of sp³-hybridized carbons (Fsp3) is 0.714. The van der Waals surface area contributed by atoms with E-state index in [4.69, 9.17) is 4.74 Å². The molecule has 3 nitrogen and oxygen atoms in total. The van der Waals surface area contributed by atoms with Gasteiger partial charge in [0.25, 0.3) is 0 Å². The summed E-state index contributed by atoms with van der Waals surface area (Å²) < 4.78 is 5.20. The van der Waals surface area contributed by atoms with Crippen LogP contribution in [0.2, 0.25) is 0 Å². The van der Waals surface area contributed by atoms with Crippen LogP contribution in [0.25, 0.3) is 0 Å². The van der Waals surface area contributed by atoms with Gasteiger partial charge >= 0.3 is 5.97 Å². The summed E-state index contributed by atoms with van der Waals surface area (Å²) in [5.74, 6) is -0.168. The minimum Gasteiger partial charge on any atom is -0.464 e. The molecule has 3 heteroatoms. The second kappa shape index (κ2) is 3.21. The summed E-state index contributed by atoms with van der Waals surface area (Å²) in [5.41, 5.74) is 0.702. The Hall–Kier alpha value is -1.12. The Bertz CT molecular complexity index is 425. The first-order chi connectivity index (χ1) is 8.00. The predicted molar refractivity (Wildman–Crippen MR) is 62.1 cm³/mol. The molecule has 92 valence electrons. The van der Waals surface area contributed by atoms with E-state index < -0.39 is 5.92 Å². The summed E-state index contributed by atoms with van der Waals surface area (Å²) in [5, 5.41) is 0. The van der Waals surface area contributed by atoms with E-state index in [1.54, 1.807) is 0 Å². The third kappa shape index (κ3) is 1.08. The van der Waals surface area contributed by atoms with E-state index in [-0.39, 0.29) is 29.0 Å². The van der Waals surface area contributed by atoms with Crippen LogP contribution < -0.4 is 0 Å². The van der Waals surface area contributed by atoms with Crippen LogP contribution in [0.15, 0.2) is 12.2 Å². The van der Waals surface area contributed by atoms with Crippen LogP contribution >= 0.6 is 0 Å². The minimum atomic E-state index is -0.558. The number of cyclic esters (lactones) is 1. The molecule has 1 heterocycles. The van der Waals surface area contributed by atoms with Crippen molar-refractivity contribution < 1.29 is 14.3 Å². The van der Waals surface area contributed by atoms with Crippen molar-refractivity contribution >= 4 is 11.8 Å². The second-order valence-electron chi connectivity index (χ2n) is 5.88. The Morgan fingerprint density at radius 2 is 2.00 bits per heavy atom. The number of rotatable bonds is 0. The minimum absolute atomic E-state index is 0.0166. The van der Waals surface area contributed by atoms with Gasteiger partial charge in [-0.15, -0.1) is 0 Å². The number of carbonyl (C=O) groups excluding carboxylic acids is 2. The molecule has 0 N–H and O–H groups in total. The number of ketones is 1. The average molecular weight is 234 g/mol. The Kier molecular flexibility index (Phi) is 2.08. The Morgan fingerprint density at radius 3 is 2.71 bits per heavy atom. The molecule has 1 aliphatic heterocycles. The molecule has 0 aromatic heterocycles. The highest BCUT2D eigenvalue weighted by molar-refractivity contribution is 6.05. The lowest BCUT2D eigenvalue weighted by Gasteiger charge is -2.42. The first kappa shape index (κ1) is 11.0. The molecule has 17 heavy (non-hydrogen) atoms. The lowest BCUT2D eigenvalue weighted by Crippen LogP contribution is -2.41. The molecule has 0 bridgehead atoms. The van der Waals surface area contributed by atoms with Gasteiger partial charge < -0.3 is 4.74 Å². The molecule has 1 spiro atoms. The number of hydrogen-bond donors (Lipinski definition) is 0. The highest BCUT2D eigenvalue weighted by Crippen LogP contribution is 2.62. The predicted octanol–water partition coefficient (Wildman–Crippen LogP) is 1.97. The maximum absolute atomic E-state index is 12.3. The molecule has 2 saturated carbocycles. The zero-order chi connectivity index (χ0) is 12.4. The summed E-state index contributed by atoms with van der Waals surface area (Å²) in [6, 6.07) is 0. The Labute approximate surface area is 101 Å². The first-order valence-electron chi connectivity index (χ1n) is 6.39. The van der Waals surface area contributed by atoms with Crippen LogP contribution in [0, 0.1) is 29.1 Å². The molecule has 0 unspecified atom stereocenters. The van der Waals surface area contributed by atoms with Gasteiger partial charge in [-0.25, -0.2) is 0 Å². The maximum atomic E-state index is 12.3. The Balaban J connectivity index is 2.14. The monoisotopic (exact) mass is 234 g/mol. The van der Waals surface area contributed by atoms with Gasteiger partial charge in [-0.1, -0.05) is 26.0 Å². The standard InChI is InChI=1S/C14H18O3/c1-7-4-5-10-8(2)12(15)11-13(16)17-6-14(10,11)9(7)3/h7-8,10-11H,3-6H2,1-2H3/t7-,8+,10+,11-,14+/m0/s1. The smallest absolute Gasteiger partial charge is 0.317 e. The van der Waals surface area contributed by atoms with Crippen LogP contribution in [0.1, 0.15) is 26.7 Å².